The van der Waals surface area contributed by atoms with Gasteiger partial charge in [0, 0.05) is 5.69 Å². The smallest absolute Gasteiger partial charge is 0.271 e. The number of ether oxygens (including phenoxy) is 3. The minimum atomic E-state index is -0.750. The first kappa shape index (κ1) is 28.7. The number of thiazole rings is 1. The lowest BCUT2D eigenvalue weighted by atomic mass is 9.95. The molecule has 0 spiro atoms. The number of hydrogen-bond acceptors (Lipinski definition) is 7. The van der Waals surface area contributed by atoms with Crippen LogP contribution in [0, 0.1) is 12.3 Å². The predicted molar refractivity (Wildman–Crippen MR) is 164 cm³/mol. The fourth-order valence-corrected chi connectivity index (χ4v) is 6.01. The van der Waals surface area contributed by atoms with Gasteiger partial charge in [0.1, 0.15) is 12.4 Å². The van der Waals surface area contributed by atoms with E-state index in [-0.39, 0.29) is 23.1 Å². The van der Waals surface area contributed by atoms with Crippen molar-refractivity contribution >= 4 is 40.6 Å². The zero-order valence-corrected chi connectivity index (χ0v) is 24.6. The van der Waals surface area contributed by atoms with Crippen LogP contribution < -0.4 is 34.4 Å². The van der Waals surface area contributed by atoms with Crippen LogP contribution in [0.2, 0.25) is 5.02 Å². The van der Waals surface area contributed by atoms with Crippen molar-refractivity contribution < 1.29 is 19.0 Å². The van der Waals surface area contributed by atoms with E-state index in [9.17, 15) is 9.59 Å². The number of carbonyl (C=O) groups is 1. The molecule has 1 atom stereocenters. The molecule has 1 amide bonds. The van der Waals surface area contributed by atoms with Crippen LogP contribution in [-0.2, 0) is 4.79 Å². The maximum Gasteiger partial charge on any atom is 0.271 e. The lowest BCUT2D eigenvalue weighted by Crippen LogP contribution is -2.40. The number of benzene rings is 3. The number of fused-ring (bicyclic) bond motifs is 1. The Morgan fingerprint density at radius 2 is 1.93 bits per heavy atom. The third-order valence-electron chi connectivity index (χ3n) is 6.56. The molecular formula is C32H26ClN3O5S. The summed E-state index contributed by atoms with van der Waals surface area (Å²) in [6.07, 6.45) is 7.02. The maximum atomic E-state index is 14.0. The van der Waals surface area contributed by atoms with Crippen LogP contribution in [0.1, 0.15) is 24.1 Å². The summed E-state index contributed by atoms with van der Waals surface area (Å²) < 4.78 is 18.4. The van der Waals surface area contributed by atoms with Crippen molar-refractivity contribution in [1.29, 1.82) is 0 Å². The summed E-state index contributed by atoms with van der Waals surface area (Å²) in [5, 5.41) is 3.23. The second-order valence-corrected chi connectivity index (χ2v) is 10.6. The summed E-state index contributed by atoms with van der Waals surface area (Å²) in [6.45, 7) is 1.79. The second-order valence-electron chi connectivity index (χ2n) is 9.21. The van der Waals surface area contributed by atoms with Crippen LogP contribution in [0.5, 0.6) is 17.2 Å². The average molecular weight is 600 g/mol. The molecule has 0 saturated carbocycles. The second kappa shape index (κ2) is 12.4. The van der Waals surface area contributed by atoms with Crippen molar-refractivity contribution in [3.05, 3.63) is 114 Å². The summed E-state index contributed by atoms with van der Waals surface area (Å²) in [7, 11) is 3.06. The number of allylic oxidation sites excluding steroid dienone is 1. The van der Waals surface area contributed by atoms with Crippen molar-refractivity contribution in [3.8, 4) is 29.6 Å². The molecule has 2 heterocycles. The fraction of sp³-hybridized carbons (Fsp3) is 0.156. The fourth-order valence-electron chi connectivity index (χ4n) is 4.69. The predicted octanol–water partition coefficient (Wildman–Crippen LogP) is 4.56. The van der Waals surface area contributed by atoms with Gasteiger partial charge in [-0.25, -0.2) is 4.99 Å². The quantitative estimate of drug-likeness (QED) is 0.300. The van der Waals surface area contributed by atoms with E-state index in [1.165, 1.54) is 18.4 Å². The van der Waals surface area contributed by atoms with E-state index in [4.69, 9.17) is 32.2 Å². The highest BCUT2D eigenvalue weighted by Crippen LogP contribution is 2.37. The minimum Gasteiger partial charge on any atom is -0.497 e. The Bertz CT molecular complexity index is 1920. The highest BCUT2D eigenvalue weighted by atomic mass is 35.5. The molecule has 0 radical (unpaired) electrons. The number of halogens is 1. The number of hydrogen-bond donors (Lipinski definition) is 1. The van der Waals surface area contributed by atoms with Gasteiger partial charge in [-0.2, -0.15) is 0 Å². The van der Waals surface area contributed by atoms with E-state index < -0.39 is 6.04 Å². The molecule has 42 heavy (non-hydrogen) atoms. The third kappa shape index (κ3) is 5.68. The Morgan fingerprint density at radius 1 is 1.14 bits per heavy atom. The first-order chi connectivity index (χ1) is 20.3. The Hall–Kier alpha value is -4.78. The zero-order chi connectivity index (χ0) is 29.8. The molecule has 0 saturated heterocycles. The van der Waals surface area contributed by atoms with Crippen molar-refractivity contribution in [2.45, 2.75) is 13.0 Å². The molecule has 1 aliphatic heterocycles. The first-order valence-electron chi connectivity index (χ1n) is 12.8. The van der Waals surface area contributed by atoms with Crippen molar-refractivity contribution in [1.82, 2.24) is 4.57 Å². The lowest BCUT2D eigenvalue weighted by Gasteiger charge is -2.25. The standard InChI is InChI=1S/C32H26ClN3O5S/c1-5-14-41-29-24(33)15-20(16-25(29)40-4)17-26-31(38)36-28(21-10-9-13-23(18-21)39-3)27(19(2)34-32(36)42-26)30(37)35-22-11-7-6-8-12-22/h1,6-13,15-18,28H,14H2,2-4H3,(H,35,37)/b26-17-/t28-/m0/s1. The average Bonchev–Trinajstić information content (AvgIpc) is 3.29. The number of terminal acetylenes is 1. The number of rotatable bonds is 8. The number of aromatic nitrogens is 1. The molecular weight excluding hydrogens is 574 g/mol. The number of para-hydroxylation sites is 1. The molecule has 0 bridgehead atoms. The molecule has 10 heteroatoms. The third-order valence-corrected chi connectivity index (χ3v) is 7.82. The van der Waals surface area contributed by atoms with Gasteiger partial charge in [0.15, 0.2) is 16.3 Å². The SMILES string of the molecule is C#CCOc1c(Cl)cc(/C=c2\sc3n(c2=O)[C@@H](c2cccc(OC)c2)C(C(=O)Nc2ccccc2)=C(C)N=3)cc1OC. The Balaban J connectivity index is 1.66. The van der Waals surface area contributed by atoms with Gasteiger partial charge in [0.05, 0.1) is 41.1 Å². The largest absolute Gasteiger partial charge is 0.497 e. The number of amides is 1. The molecule has 4 aromatic rings. The van der Waals surface area contributed by atoms with Gasteiger partial charge in [0.2, 0.25) is 0 Å². The molecule has 1 aromatic heterocycles. The van der Waals surface area contributed by atoms with Crippen LogP contribution in [0.25, 0.3) is 6.08 Å². The Morgan fingerprint density at radius 3 is 2.64 bits per heavy atom. The van der Waals surface area contributed by atoms with Gasteiger partial charge in [-0.1, -0.05) is 59.2 Å². The van der Waals surface area contributed by atoms with E-state index in [0.717, 1.165) is 0 Å². The monoisotopic (exact) mass is 599 g/mol. The molecule has 212 valence electrons. The molecule has 1 N–H and O–H groups in total. The van der Waals surface area contributed by atoms with Gasteiger partial charge in [0.25, 0.3) is 11.5 Å². The van der Waals surface area contributed by atoms with E-state index in [1.807, 2.05) is 42.5 Å². The van der Waals surface area contributed by atoms with Gasteiger partial charge in [-0.3, -0.25) is 14.2 Å². The molecule has 1 aliphatic rings. The number of methoxy groups -OCH3 is 2. The van der Waals surface area contributed by atoms with Crippen molar-refractivity contribution in [2.24, 2.45) is 4.99 Å². The topological polar surface area (TPSA) is 91.2 Å². The Kier molecular flexibility index (Phi) is 8.48. The van der Waals surface area contributed by atoms with Crippen LogP contribution >= 0.6 is 22.9 Å². The highest BCUT2D eigenvalue weighted by Gasteiger charge is 2.32. The molecule has 0 fully saturated rings. The normalized spacial score (nSPS) is 14.5. The first-order valence-corrected chi connectivity index (χ1v) is 14.0. The maximum absolute atomic E-state index is 14.0. The van der Waals surface area contributed by atoms with Crippen LogP contribution in [-0.4, -0.2) is 31.3 Å². The summed E-state index contributed by atoms with van der Waals surface area (Å²) in [5.74, 6) is 3.34. The van der Waals surface area contributed by atoms with Crippen LogP contribution in [0.15, 0.2) is 87.8 Å². The zero-order valence-electron chi connectivity index (χ0n) is 23.0. The minimum absolute atomic E-state index is 0.0256. The summed E-state index contributed by atoms with van der Waals surface area (Å²) >= 11 is 7.69. The van der Waals surface area contributed by atoms with Gasteiger partial charge < -0.3 is 19.5 Å². The summed E-state index contributed by atoms with van der Waals surface area (Å²) in [5.41, 5.74) is 2.49. The number of nitrogens with one attached hydrogen (secondary N) is 1. The van der Waals surface area contributed by atoms with E-state index in [0.29, 0.717) is 54.7 Å². The summed E-state index contributed by atoms with van der Waals surface area (Å²) in [6, 6.07) is 19.1. The summed E-state index contributed by atoms with van der Waals surface area (Å²) in [4.78, 5) is 32.9. The number of anilines is 1. The molecule has 8 nitrogen and oxygen atoms in total. The molecule has 0 aliphatic carbocycles. The van der Waals surface area contributed by atoms with Crippen molar-refractivity contribution in [2.75, 3.05) is 26.1 Å². The number of carbonyl (C=O) groups excluding carboxylic acids is 1. The lowest BCUT2D eigenvalue weighted by molar-refractivity contribution is -0.113. The van der Waals surface area contributed by atoms with Crippen LogP contribution in [0.3, 0.4) is 0 Å². The van der Waals surface area contributed by atoms with E-state index >= 15 is 0 Å². The molecule has 5 rings (SSSR count). The van der Waals surface area contributed by atoms with Crippen molar-refractivity contribution in [3.63, 3.8) is 0 Å². The van der Waals surface area contributed by atoms with Gasteiger partial charge in [-0.15, -0.1) is 6.42 Å². The Labute approximate surface area is 251 Å². The molecule has 3 aromatic carbocycles. The van der Waals surface area contributed by atoms with Gasteiger partial charge >= 0.3 is 0 Å². The van der Waals surface area contributed by atoms with E-state index in [2.05, 4.69) is 16.2 Å². The van der Waals surface area contributed by atoms with Gasteiger partial charge in [-0.05, 0) is 60.5 Å². The highest BCUT2D eigenvalue weighted by molar-refractivity contribution is 7.07. The van der Waals surface area contributed by atoms with Crippen LogP contribution in [0.4, 0.5) is 5.69 Å². The number of nitrogens with zero attached hydrogens (tertiary/aromatic N) is 2. The van der Waals surface area contributed by atoms with E-state index in [1.54, 1.807) is 48.9 Å². The molecule has 0 unspecified atom stereocenters.